The Hall–Kier alpha value is 0.726. The Morgan fingerprint density at radius 2 is 1.11 bits per heavy atom. The van der Waals surface area contributed by atoms with Crippen molar-refractivity contribution in [3.8, 4) is 0 Å². The van der Waals surface area contributed by atoms with Gasteiger partial charge in [0, 0.05) is 6.61 Å². The molecule has 19 heavy (non-hydrogen) atoms. The Kier molecular flexibility index (Phi) is 40.6. The molecule has 0 aliphatic carbocycles. The first-order valence-electron chi connectivity index (χ1n) is 8.85. The van der Waals surface area contributed by atoms with Crippen molar-refractivity contribution in [2.75, 3.05) is 6.61 Å². The number of rotatable bonds is 10. The van der Waals surface area contributed by atoms with Crippen LogP contribution in [0.3, 0.4) is 0 Å². The second kappa shape index (κ2) is 31.2. The molecule has 0 radical (unpaired) electrons. The van der Waals surface area contributed by atoms with Gasteiger partial charge in [0.25, 0.3) is 0 Å². The van der Waals surface area contributed by atoms with Crippen molar-refractivity contribution >= 4 is 20.4 Å². The summed E-state index contributed by atoms with van der Waals surface area (Å²) in [6.07, 6.45) is 11.9. The van der Waals surface area contributed by atoms with Crippen molar-refractivity contribution in [1.29, 1.82) is 0 Å². The second-order valence-electron chi connectivity index (χ2n) is 5.20. The van der Waals surface area contributed by atoms with Crippen LogP contribution in [0.5, 0.6) is 0 Å². The zero-order valence-electron chi connectivity index (χ0n) is 14.6. The van der Waals surface area contributed by atoms with Crippen LogP contribution < -0.4 is 0 Å². The van der Waals surface area contributed by atoms with E-state index in [0.717, 1.165) is 12.8 Å². The normalized spacial score (nSPS) is 8.74. The maximum absolute atomic E-state index is 8.07. The fourth-order valence-electron chi connectivity index (χ4n) is 1.51. The van der Waals surface area contributed by atoms with Gasteiger partial charge in [0.05, 0.1) is 0 Å². The van der Waals surface area contributed by atoms with Crippen LogP contribution >= 0.6 is 0 Å². The molecule has 0 saturated carbocycles. The van der Waals surface area contributed by atoms with Gasteiger partial charge in [0.15, 0.2) is 0 Å². The molecular weight excluding hydrogens is 244 g/mol. The number of hydrogen-bond donors (Lipinski definition) is 1. The lowest BCUT2D eigenvalue weighted by Gasteiger charge is -1.90. The summed E-state index contributed by atoms with van der Waals surface area (Å²) in [4.78, 5) is 0. The van der Waals surface area contributed by atoms with Gasteiger partial charge in [0.1, 0.15) is 0 Å². The van der Waals surface area contributed by atoms with Crippen molar-refractivity contribution in [2.45, 2.75) is 102 Å². The summed E-state index contributed by atoms with van der Waals surface area (Å²) < 4.78 is 3.08. The van der Waals surface area contributed by atoms with Crippen molar-refractivity contribution in [3.05, 3.63) is 0 Å². The molecule has 0 fully saturated rings. The Morgan fingerprint density at radius 3 is 1.37 bits per heavy atom. The first-order valence-corrected chi connectivity index (χ1v) is 10.9. The third-order valence-corrected chi connectivity index (χ3v) is 4.63. The van der Waals surface area contributed by atoms with Gasteiger partial charge in [-0.25, -0.2) is 0 Å². The Bertz CT molecular complexity index is 87.4. The molecule has 0 saturated heterocycles. The monoisotopic (exact) mass is 284 g/mol. The topological polar surface area (TPSA) is 20.2 Å². The van der Waals surface area contributed by atoms with Crippen molar-refractivity contribution < 1.29 is 5.11 Å². The van der Waals surface area contributed by atoms with E-state index in [0.29, 0.717) is 27.0 Å². The second-order valence-corrected chi connectivity index (χ2v) is 7.61. The lowest BCUT2D eigenvalue weighted by atomic mass is 10.2. The lowest BCUT2D eigenvalue weighted by molar-refractivity contribution is 0.287. The Morgan fingerprint density at radius 1 is 0.632 bits per heavy atom. The summed E-state index contributed by atoms with van der Waals surface area (Å²) in [5, 5.41) is 8.07. The fourth-order valence-corrected chi connectivity index (χ4v) is 2.87. The van der Waals surface area contributed by atoms with Gasteiger partial charge < -0.3 is 5.11 Å². The summed E-state index contributed by atoms with van der Waals surface area (Å²) in [5.41, 5.74) is 0. The molecule has 0 aliphatic heterocycles. The number of aliphatic hydroxyl groups excluding tert-OH is 1. The van der Waals surface area contributed by atoms with Crippen molar-refractivity contribution in [1.82, 2.24) is 0 Å². The van der Waals surface area contributed by atoms with Gasteiger partial charge in [-0.05, 0) is 6.42 Å². The van der Waals surface area contributed by atoms with Gasteiger partial charge in [-0.3, -0.25) is 0 Å². The van der Waals surface area contributed by atoms with E-state index in [1.54, 1.807) is 4.55 Å². The molecule has 0 heterocycles. The summed E-state index contributed by atoms with van der Waals surface area (Å²) in [6, 6.07) is 0. The maximum Gasteiger partial charge on any atom is 0.363 e. The summed E-state index contributed by atoms with van der Waals surface area (Å²) >= 11 is 0.411. The van der Waals surface area contributed by atoms with Gasteiger partial charge in [0.2, 0.25) is 0 Å². The zero-order valence-corrected chi connectivity index (χ0v) is 16.1. The average molecular weight is 285 g/mol. The van der Waals surface area contributed by atoms with Crippen LogP contribution in [0, 0.1) is 0 Å². The van der Waals surface area contributed by atoms with E-state index in [1.807, 2.05) is 0 Å². The third kappa shape index (κ3) is 45.5. The molecule has 0 bridgehead atoms. The molecule has 0 aliphatic rings. The molecule has 0 unspecified atom stereocenters. The predicted molar refractivity (Wildman–Crippen MR) is 92.4 cm³/mol. The standard InChI is InChI=1S/C7H16.C4H10O.C4H9.C2H5.Mg/c1-3-5-7-6-4-2;1-2-3-4-5;1-3-4-2;1-2;/h3-7H2,1-2H3;5H,2-4H2,1H3;1,3-4H2,2H3;1H2,2H3;. The highest BCUT2D eigenvalue weighted by atomic mass is 24.5. The van der Waals surface area contributed by atoms with Crippen LogP contribution in [-0.2, 0) is 0 Å². The van der Waals surface area contributed by atoms with Crippen LogP contribution in [0.25, 0.3) is 0 Å². The Labute approximate surface area is 133 Å². The Balaban J connectivity index is -0.000000206. The van der Waals surface area contributed by atoms with Crippen LogP contribution in [0.1, 0.15) is 92.4 Å². The predicted octanol–water partition coefficient (Wildman–Crippen LogP) is 6.10. The fraction of sp³-hybridized carbons (Fsp3) is 1.00. The SMILES string of the molecule is CCCCCCC.CCCCO.CCC[CH2][Mg][CH2]C. The van der Waals surface area contributed by atoms with E-state index in [1.165, 1.54) is 49.5 Å². The van der Waals surface area contributed by atoms with Crippen LogP contribution in [0.15, 0.2) is 0 Å². The molecule has 0 spiro atoms. The van der Waals surface area contributed by atoms with Gasteiger partial charge in [-0.15, -0.1) is 9.10 Å². The first kappa shape index (κ1) is 24.7. The molecular formula is C17H40MgO. The van der Waals surface area contributed by atoms with E-state index in [4.69, 9.17) is 5.11 Å². The highest BCUT2D eigenvalue weighted by Crippen LogP contribution is 2.00. The molecule has 0 amide bonds. The maximum atomic E-state index is 8.07. The van der Waals surface area contributed by atoms with Crippen LogP contribution in [0.2, 0.25) is 9.10 Å². The number of unbranched alkanes of at least 4 members (excludes halogenated alkanes) is 6. The first-order chi connectivity index (χ1) is 9.24. The highest BCUT2D eigenvalue weighted by molar-refractivity contribution is 6.35. The highest BCUT2D eigenvalue weighted by Gasteiger charge is 1.87. The van der Waals surface area contributed by atoms with Gasteiger partial charge >= 0.3 is 20.4 Å². The van der Waals surface area contributed by atoms with E-state index < -0.39 is 0 Å². The van der Waals surface area contributed by atoms with Gasteiger partial charge in [-0.1, -0.05) is 86.0 Å². The van der Waals surface area contributed by atoms with E-state index in [9.17, 15) is 0 Å². The molecule has 1 N–H and O–H groups in total. The third-order valence-electron chi connectivity index (χ3n) is 2.93. The van der Waals surface area contributed by atoms with E-state index in [2.05, 4.69) is 34.6 Å². The molecule has 0 atom stereocenters. The number of aliphatic hydroxyl groups is 1. The van der Waals surface area contributed by atoms with Crippen LogP contribution in [-0.4, -0.2) is 32.1 Å². The summed E-state index contributed by atoms with van der Waals surface area (Å²) in [7, 11) is 0. The largest absolute Gasteiger partial charge is 0.396 e. The molecule has 0 aromatic heterocycles. The smallest absolute Gasteiger partial charge is 0.363 e. The molecule has 1 nitrogen and oxygen atoms in total. The quantitative estimate of drug-likeness (QED) is 0.379. The molecule has 0 aromatic carbocycles. The van der Waals surface area contributed by atoms with E-state index in [-0.39, 0.29) is 0 Å². The minimum absolute atomic E-state index is 0.344. The minimum atomic E-state index is 0.344. The van der Waals surface area contributed by atoms with Gasteiger partial charge in [-0.2, -0.15) is 0 Å². The molecule has 2 heteroatoms. The van der Waals surface area contributed by atoms with Crippen LogP contribution in [0.4, 0.5) is 0 Å². The summed E-state index contributed by atoms with van der Waals surface area (Å²) in [6.45, 7) is 11.5. The van der Waals surface area contributed by atoms with Crippen molar-refractivity contribution in [2.24, 2.45) is 0 Å². The number of hydrogen-bond acceptors (Lipinski definition) is 1. The molecule has 116 valence electrons. The molecule has 0 aromatic rings. The van der Waals surface area contributed by atoms with E-state index >= 15 is 0 Å². The van der Waals surface area contributed by atoms with Crippen molar-refractivity contribution in [3.63, 3.8) is 0 Å². The average Bonchev–Trinajstić information content (AvgIpc) is 2.42. The summed E-state index contributed by atoms with van der Waals surface area (Å²) in [5.74, 6) is 0. The minimum Gasteiger partial charge on any atom is -0.396 e. The molecule has 0 rings (SSSR count). The zero-order chi connectivity index (χ0) is 15.2. The lowest BCUT2D eigenvalue weighted by Crippen LogP contribution is -1.82.